The van der Waals surface area contributed by atoms with Crippen molar-refractivity contribution in [2.75, 3.05) is 13.2 Å². The van der Waals surface area contributed by atoms with E-state index in [0.717, 1.165) is 25.7 Å². The van der Waals surface area contributed by atoms with Crippen molar-refractivity contribution in [3.63, 3.8) is 0 Å². The van der Waals surface area contributed by atoms with Crippen molar-refractivity contribution in [2.24, 2.45) is 5.92 Å². The number of aliphatic hydroxyl groups is 3. The Bertz CT molecular complexity index is 156. The van der Waals surface area contributed by atoms with Gasteiger partial charge in [-0.15, -0.1) is 0 Å². The quantitative estimate of drug-likeness (QED) is 0.519. The van der Waals surface area contributed by atoms with Gasteiger partial charge in [-0.25, -0.2) is 0 Å². The summed E-state index contributed by atoms with van der Waals surface area (Å²) < 4.78 is 0. The van der Waals surface area contributed by atoms with Crippen LogP contribution in [-0.4, -0.2) is 45.7 Å². The highest BCUT2D eigenvalue weighted by Crippen LogP contribution is 2.11. The molecule has 0 aromatic heterocycles. The van der Waals surface area contributed by atoms with E-state index in [1.807, 2.05) is 6.92 Å². The standard InChI is InChI=1S/C8H16O2.C3H8O3/c1-3-5-6-7(4-2)8(9)10;4-1-3(6)2-5/h7H,3-6H2,1-2H3,(H,9,10);3-6H,1-2H2. The zero-order valence-corrected chi connectivity index (χ0v) is 10.1. The van der Waals surface area contributed by atoms with Gasteiger partial charge in [0.05, 0.1) is 19.1 Å². The fourth-order valence-electron chi connectivity index (χ4n) is 1.01. The normalized spacial score (nSPS) is 11.9. The summed E-state index contributed by atoms with van der Waals surface area (Å²) in [5, 5.41) is 32.6. The Morgan fingerprint density at radius 3 is 1.88 bits per heavy atom. The van der Waals surface area contributed by atoms with Crippen LogP contribution < -0.4 is 0 Å². The highest BCUT2D eigenvalue weighted by Gasteiger charge is 2.12. The van der Waals surface area contributed by atoms with E-state index in [1.54, 1.807) is 0 Å². The number of aliphatic carboxylic acids is 1. The lowest BCUT2D eigenvalue weighted by atomic mass is 10.00. The summed E-state index contributed by atoms with van der Waals surface area (Å²) in [7, 11) is 0. The van der Waals surface area contributed by atoms with E-state index < -0.39 is 12.1 Å². The second-order valence-corrected chi connectivity index (χ2v) is 3.60. The molecule has 0 fully saturated rings. The molecule has 0 aliphatic carbocycles. The van der Waals surface area contributed by atoms with Crippen molar-refractivity contribution in [1.29, 1.82) is 0 Å². The highest BCUT2D eigenvalue weighted by molar-refractivity contribution is 5.69. The van der Waals surface area contributed by atoms with Gasteiger partial charge in [-0.1, -0.05) is 26.7 Å². The smallest absolute Gasteiger partial charge is 0.306 e. The van der Waals surface area contributed by atoms with E-state index in [1.165, 1.54) is 0 Å². The topological polar surface area (TPSA) is 98.0 Å². The number of unbranched alkanes of at least 4 members (excludes halogenated alkanes) is 1. The summed E-state index contributed by atoms with van der Waals surface area (Å²) in [6.07, 6.45) is 2.76. The van der Waals surface area contributed by atoms with Gasteiger partial charge in [-0.05, 0) is 12.8 Å². The summed E-state index contributed by atoms with van der Waals surface area (Å²) >= 11 is 0. The van der Waals surface area contributed by atoms with Crippen LogP contribution in [0.2, 0.25) is 0 Å². The van der Waals surface area contributed by atoms with Crippen LogP contribution in [0.1, 0.15) is 39.5 Å². The molecule has 0 rings (SSSR count). The molecule has 98 valence electrons. The van der Waals surface area contributed by atoms with E-state index in [4.69, 9.17) is 20.4 Å². The number of rotatable bonds is 7. The van der Waals surface area contributed by atoms with E-state index in [9.17, 15) is 4.79 Å². The predicted molar refractivity (Wildman–Crippen MR) is 61.1 cm³/mol. The fourth-order valence-corrected chi connectivity index (χ4v) is 1.01. The number of hydrogen-bond donors (Lipinski definition) is 4. The van der Waals surface area contributed by atoms with Crippen LogP contribution >= 0.6 is 0 Å². The molecule has 0 amide bonds. The van der Waals surface area contributed by atoms with Crippen molar-refractivity contribution in [3.8, 4) is 0 Å². The number of hydrogen-bond acceptors (Lipinski definition) is 4. The first-order valence-electron chi connectivity index (χ1n) is 5.65. The molecule has 1 atom stereocenters. The molecule has 0 bridgehead atoms. The van der Waals surface area contributed by atoms with Gasteiger partial charge in [0.2, 0.25) is 0 Å². The molecule has 0 saturated heterocycles. The second kappa shape index (κ2) is 12.4. The molecular weight excluding hydrogens is 212 g/mol. The maximum Gasteiger partial charge on any atom is 0.306 e. The summed E-state index contributed by atoms with van der Waals surface area (Å²) in [5.74, 6) is -0.754. The SMILES string of the molecule is CCCCC(CC)C(=O)O.OCC(O)CO. The maximum atomic E-state index is 10.4. The van der Waals surface area contributed by atoms with E-state index in [-0.39, 0.29) is 19.1 Å². The van der Waals surface area contributed by atoms with E-state index >= 15 is 0 Å². The molecule has 0 heterocycles. The second-order valence-electron chi connectivity index (χ2n) is 3.60. The molecule has 1 unspecified atom stereocenters. The Labute approximate surface area is 96.7 Å². The Kier molecular flexibility index (Phi) is 13.8. The fraction of sp³-hybridized carbons (Fsp3) is 0.909. The maximum absolute atomic E-state index is 10.4. The minimum atomic E-state index is -0.954. The number of carbonyl (C=O) groups is 1. The van der Waals surface area contributed by atoms with E-state index in [2.05, 4.69) is 6.92 Å². The van der Waals surface area contributed by atoms with Crippen LogP contribution in [0.25, 0.3) is 0 Å². The van der Waals surface area contributed by atoms with Gasteiger partial charge in [-0.2, -0.15) is 0 Å². The molecule has 5 nitrogen and oxygen atoms in total. The van der Waals surface area contributed by atoms with E-state index in [0.29, 0.717) is 0 Å². The van der Waals surface area contributed by atoms with Crippen LogP contribution in [0, 0.1) is 5.92 Å². The largest absolute Gasteiger partial charge is 0.481 e. The third-order valence-corrected chi connectivity index (χ3v) is 2.17. The van der Waals surface area contributed by atoms with Gasteiger partial charge in [0.25, 0.3) is 0 Å². The monoisotopic (exact) mass is 236 g/mol. The lowest BCUT2D eigenvalue weighted by Crippen LogP contribution is -2.15. The summed E-state index contributed by atoms with van der Waals surface area (Å²) in [6.45, 7) is 3.27. The highest BCUT2D eigenvalue weighted by atomic mass is 16.4. The van der Waals surface area contributed by atoms with Crippen LogP contribution in [0.4, 0.5) is 0 Å². The average molecular weight is 236 g/mol. The van der Waals surface area contributed by atoms with Gasteiger partial charge >= 0.3 is 5.97 Å². The molecule has 0 aliphatic heterocycles. The molecule has 0 aromatic rings. The molecule has 0 radical (unpaired) electrons. The third kappa shape index (κ3) is 11.4. The van der Waals surface area contributed by atoms with Crippen molar-refractivity contribution in [1.82, 2.24) is 0 Å². The van der Waals surface area contributed by atoms with Crippen LogP contribution in [-0.2, 0) is 4.79 Å². The number of carboxylic acids is 1. The zero-order valence-electron chi connectivity index (χ0n) is 10.1. The molecule has 5 heteroatoms. The first-order valence-corrected chi connectivity index (χ1v) is 5.65. The van der Waals surface area contributed by atoms with Crippen molar-refractivity contribution in [3.05, 3.63) is 0 Å². The van der Waals surface area contributed by atoms with Crippen molar-refractivity contribution in [2.45, 2.75) is 45.6 Å². The first kappa shape index (κ1) is 17.7. The summed E-state index contributed by atoms with van der Waals surface area (Å²) in [5.41, 5.74) is 0. The van der Waals surface area contributed by atoms with Crippen LogP contribution in [0.5, 0.6) is 0 Å². The van der Waals surface area contributed by atoms with Crippen molar-refractivity contribution >= 4 is 5.97 Å². The minimum absolute atomic E-state index is 0.111. The van der Waals surface area contributed by atoms with Crippen LogP contribution in [0.3, 0.4) is 0 Å². The number of carboxylic acid groups (broad SMARTS) is 1. The van der Waals surface area contributed by atoms with Crippen molar-refractivity contribution < 1.29 is 25.2 Å². The number of aliphatic hydroxyl groups excluding tert-OH is 3. The molecular formula is C11H24O5. The summed E-state index contributed by atoms with van der Waals surface area (Å²) in [6, 6.07) is 0. The Hall–Kier alpha value is -0.650. The molecule has 0 aliphatic rings. The lowest BCUT2D eigenvalue weighted by Gasteiger charge is -2.06. The van der Waals surface area contributed by atoms with Gasteiger partial charge in [0.1, 0.15) is 6.10 Å². The minimum Gasteiger partial charge on any atom is -0.481 e. The molecule has 0 aromatic carbocycles. The Morgan fingerprint density at radius 1 is 1.19 bits per heavy atom. The molecule has 0 saturated carbocycles. The first-order chi connectivity index (χ1) is 7.53. The zero-order chi connectivity index (χ0) is 13.0. The predicted octanol–water partition coefficient (Wildman–Crippen LogP) is 0.619. The Morgan fingerprint density at radius 2 is 1.69 bits per heavy atom. The van der Waals surface area contributed by atoms with Gasteiger partial charge < -0.3 is 20.4 Å². The Balaban J connectivity index is 0. The average Bonchev–Trinajstić information content (AvgIpc) is 2.29. The summed E-state index contributed by atoms with van der Waals surface area (Å²) in [4.78, 5) is 10.4. The van der Waals surface area contributed by atoms with Gasteiger partial charge in [-0.3, -0.25) is 4.79 Å². The third-order valence-electron chi connectivity index (χ3n) is 2.17. The van der Waals surface area contributed by atoms with Gasteiger partial charge in [0.15, 0.2) is 0 Å². The van der Waals surface area contributed by atoms with Gasteiger partial charge in [0, 0.05) is 0 Å². The lowest BCUT2D eigenvalue weighted by molar-refractivity contribution is -0.142. The molecule has 4 N–H and O–H groups in total. The molecule has 16 heavy (non-hydrogen) atoms. The molecule has 0 spiro atoms. The van der Waals surface area contributed by atoms with Crippen LogP contribution in [0.15, 0.2) is 0 Å².